The molecule has 1 rings (SSSR count). The first kappa shape index (κ1) is 14.5. The molecular weight excluding hydrogens is 251 g/mol. The maximum Gasteiger partial charge on any atom is 0.416 e. The predicted octanol–water partition coefficient (Wildman–Crippen LogP) is 2.32. The molecule has 1 aromatic rings. The number of hydrogen-bond donors (Lipinski definition) is 2. The Kier molecular flexibility index (Phi) is 4.51. The third kappa shape index (κ3) is 2.97. The Balaban J connectivity index is 0.00000225. The molecule has 5 nitrogen and oxygen atoms in total. The monoisotopic (exact) mass is 257 g/mol. The topological polar surface area (TPSA) is 81.2 Å². The van der Waals surface area contributed by atoms with Crippen LogP contribution in [0.3, 0.4) is 0 Å². The minimum Gasteiger partial charge on any atom is -0.318 e. The van der Waals surface area contributed by atoms with Crippen molar-refractivity contribution in [2.45, 2.75) is 6.18 Å². The van der Waals surface area contributed by atoms with Gasteiger partial charge in [-0.2, -0.15) is 13.2 Å². The van der Waals surface area contributed by atoms with Crippen molar-refractivity contribution in [3.63, 3.8) is 0 Å². The van der Waals surface area contributed by atoms with Gasteiger partial charge in [0.05, 0.1) is 10.5 Å². The zero-order valence-corrected chi connectivity index (χ0v) is 8.43. The highest BCUT2D eigenvalue weighted by Crippen LogP contribution is 2.34. The van der Waals surface area contributed by atoms with E-state index in [0.29, 0.717) is 12.1 Å². The minimum atomic E-state index is -4.55. The molecule has 0 radical (unpaired) electrons. The number of hydrazine groups is 1. The van der Waals surface area contributed by atoms with Crippen LogP contribution in [-0.4, -0.2) is 4.92 Å². The summed E-state index contributed by atoms with van der Waals surface area (Å²) in [6.45, 7) is 0. The number of nitrogens with two attached hydrogens (primary N) is 1. The molecular formula is C7H7ClF3N3O2. The second-order valence-electron chi connectivity index (χ2n) is 2.63. The minimum absolute atomic E-state index is 0. The van der Waals surface area contributed by atoms with Gasteiger partial charge < -0.3 is 5.43 Å². The average molecular weight is 258 g/mol. The molecule has 0 atom stereocenters. The molecule has 3 N–H and O–H groups in total. The first-order valence-electron chi connectivity index (χ1n) is 3.68. The van der Waals surface area contributed by atoms with Gasteiger partial charge in [-0.15, -0.1) is 12.4 Å². The lowest BCUT2D eigenvalue weighted by atomic mass is 10.1. The standard InChI is InChI=1S/C7H6F3N3O2.ClH/c8-7(9,10)4-1-2-6(13(14)15)5(3-4)12-11;/h1-3,12H,11H2;1H. The van der Waals surface area contributed by atoms with Crippen LogP contribution in [0.4, 0.5) is 24.5 Å². The van der Waals surface area contributed by atoms with Crippen molar-refractivity contribution in [2.75, 3.05) is 5.43 Å². The van der Waals surface area contributed by atoms with Gasteiger partial charge in [-0.1, -0.05) is 0 Å². The molecule has 0 spiro atoms. The molecule has 0 aliphatic heterocycles. The summed E-state index contributed by atoms with van der Waals surface area (Å²) in [7, 11) is 0. The quantitative estimate of drug-likeness (QED) is 0.484. The van der Waals surface area contributed by atoms with E-state index in [4.69, 9.17) is 5.84 Å². The van der Waals surface area contributed by atoms with Crippen LogP contribution in [0.5, 0.6) is 0 Å². The Labute approximate surface area is 94.0 Å². The lowest BCUT2D eigenvalue weighted by Crippen LogP contribution is -2.12. The number of nitrogen functional groups attached to an aromatic ring is 1. The van der Waals surface area contributed by atoms with Gasteiger partial charge in [0, 0.05) is 6.07 Å². The van der Waals surface area contributed by atoms with Crippen LogP contribution in [0.1, 0.15) is 5.56 Å². The van der Waals surface area contributed by atoms with E-state index in [9.17, 15) is 23.3 Å². The molecule has 9 heteroatoms. The molecule has 0 bridgehead atoms. The number of anilines is 1. The van der Waals surface area contributed by atoms with Gasteiger partial charge in [0.1, 0.15) is 5.69 Å². The first-order valence-corrected chi connectivity index (χ1v) is 3.68. The van der Waals surface area contributed by atoms with Gasteiger partial charge in [-0.25, -0.2) is 0 Å². The SMILES string of the molecule is Cl.NNc1cc(C(F)(F)F)ccc1[N+](=O)[O-]. The van der Waals surface area contributed by atoms with Gasteiger partial charge >= 0.3 is 6.18 Å². The van der Waals surface area contributed by atoms with Crippen molar-refractivity contribution < 1.29 is 18.1 Å². The van der Waals surface area contributed by atoms with Crippen molar-refractivity contribution in [3.05, 3.63) is 33.9 Å². The highest BCUT2D eigenvalue weighted by atomic mass is 35.5. The Morgan fingerprint density at radius 2 is 1.94 bits per heavy atom. The van der Waals surface area contributed by atoms with Crippen molar-refractivity contribution in [3.8, 4) is 0 Å². The highest BCUT2D eigenvalue weighted by Gasteiger charge is 2.32. The summed E-state index contributed by atoms with van der Waals surface area (Å²) < 4.78 is 36.6. The number of nitrogens with zero attached hydrogens (tertiary/aromatic N) is 1. The fraction of sp³-hybridized carbons (Fsp3) is 0.143. The van der Waals surface area contributed by atoms with E-state index >= 15 is 0 Å². The summed E-state index contributed by atoms with van der Waals surface area (Å²) in [5.74, 6) is 4.88. The molecule has 0 aliphatic rings. The molecule has 0 aromatic heterocycles. The van der Waals surface area contributed by atoms with Crippen LogP contribution >= 0.6 is 12.4 Å². The zero-order valence-electron chi connectivity index (χ0n) is 7.62. The highest BCUT2D eigenvalue weighted by molar-refractivity contribution is 5.85. The largest absolute Gasteiger partial charge is 0.416 e. The molecule has 16 heavy (non-hydrogen) atoms. The van der Waals surface area contributed by atoms with E-state index in [1.54, 1.807) is 0 Å². The Morgan fingerprint density at radius 3 is 2.31 bits per heavy atom. The van der Waals surface area contributed by atoms with E-state index in [1.165, 1.54) is 0 Å². The molecule has 90 valence electrons. The number of rotatable bonds is 2. The predicted molar refractivity (Wildman–Crippen MR) is 53.2 cm³/mol. The molecule has 0 unspecified atom stereocenters. The number of benzene rings is 1. The van der Waals surface area contributed by atoms with E-state index in [0.717, 1.165) is 6.07 Å². The second-order valence-corrected chi connectivity index (χ2v) is 2.63. The summed E-state index contributed by atoms with van der Waals surface area (Å²) in [4.78, 5) is 9.55. The number of nitro groups is 1. The van der Waals surface area contributed by atoms with Crippen molar-refractivity contribution >= 4 is 23.8 Å². The molecule has 1 aromatic carbocycles. The fourth-order valence-corrected chi connectivity index (χ4v) is 0.987. The summed E-state index contributed by atoms with van der Waals surface area (Å²) >= 11 is 0. The molecule has 0 aliphatic carbocycles. The Bertz CT molecular complexity index is 397. The van der Waals surface area contributed by atoms with Crippen LogP contribution in [-0.2, 0) is 6.18 Å². The Hall–Kier alpha value is -1.54. The summed E-state index contributed by atoms with van der Waals surface area (Å²) in [5, 5.41) is 10.4. The first-order chi connectivity index (χ1) is 6.86. The van der Waals surface area contributed by atoms with Gasteiger partial charge in [0.25, 0.3) is 5.69 Å². The van der Waals surface area contributed by atoms with Gasteiger partial charge in [0.2, 0.25) is 0 Å². The third-order valence-corrected chi connectivity index (χ3v) is 1.68. The lowest BCUT2D eigenvalue weighted by molar-refractivity contribution is -0.384. The average Bonchev–Trinajstić information content (AvgIpc) is 2.15. The number of halogens is 4. The van der Waals surface area contributed by atoms with Crippen molar-refractivity contribution in [2.24, 2.45) is 5.84 Å². The molecule has 0 amide bonds. The maximum absolute atomic E-state index is 12.2. The van der Waals surface area contributed by atoms with E-state index in [2.05, 4.69) is 0 Å². The number of nitrogens with one attached hydrogen (secondary N) is 1. The summed E-state index contributed by atoms with van der Waals surface area (Å²) in [6, 6.07) is 1.95. The molecule has 0 heterocycles. The van der Waals surface area contributed by atoms with Crippen LogP contribution in [0.2, 0.25) is 0 Å². The van der Waals surface area contributed by atoms with Crippen LogP contribution in [0.15, 0.2) is 18.2 Å². The third-order valence-electron chi connectivity index (χ3n) is 1.68. The van der Waals surface area contributed by atoms with Crippen molar-refractivity contribution in [1.29, 1.82) is 0 Å². The van der Waals surface area contributed by atoms with Crippen LogP contribution in [0.25, 0.3) is 0 Å². The normalized spacial score (nSPS) is 10.5. The number of alkyl halides is 3. The zero-order chi connectivity index (χ0) is 11.6. The summed E-state index contributed by atoms with van der Waals surface area (Å²) in [5.41, 5.74) is -0.0399. The number of hydrogen-bond acceptors (Lipinski definition) is 4. The summed E-state index contributed by atoms with van der Waals surface area (Å²) in [6.07, 6.45) is -4.55. The fourth-order valence-electron chi connectivity index (χ4n) is 0.987. The number of nitro benzene ring substituents is 1. The van der Waals surface area contributed by atoms with Gasteiger partial charge in [-0.05, 0) is 12.1 Å². The molecule has 0 fully saturated rings. The van der Waals surface area contributed by atoms with E-state index in [-0.39, 0.29) is 18.1 Å². The van der Waals surface area contributed by atoms with E-state index in [1.807, 2.05) is 5.43 Å². The van der Waals surface area contributed by atoms with Crippen LogP contribution in [0, 0.1) is 10.1 Å². The van der Waals surface area contributed by atoms with Gasteiger partial charge in [-0.3, -0.25) is 16.0 Å². The maximum atomic E-state index is 12.2. The Morgan fingerprint density at radius 1 is 1.38 bits per heavy atom. The second kappa shape index (κ2) is 4.99. The van der Waals surface area contributed by atoms with Crippen molar-refractivity contribution in [1.82, 2.24) is 0 Å². The smallest absolute Gasteiger partial charge is 0.318 e. The molecule has 0 saturated carbocycles. The van der Waals surface area contributed by atoms with Crippen LogP contribution < -0.4 is 11.3 Å². The van der Waals surface area contributed by atoms with E-state index < -0.39 is 22.4 Å². The van der Waals surface area contributed by atoms with Gasteiger partial charge in [0.15, 0.2) is 0 Å². The lowest BCUT2D eigenvalue weighted by Gasteiger charge is -2.08. The molecule has 0 saturated heterocycles.